The highest BCUT2D eigenvalue weighted by atomic mass is 16.6. The minimum atomic E-state index is -0.465. The first kappa shape index (κ1) is 20.4. The number of likely N-dealkylation sites (tertiary alicyclic amines) is 1. The molecule has 2 aromatic rings. The van der Waals surface area contributed by atoms with Gasteiger partial charge in [0.1, 0.15) is 5.60 Å². The molecular weight excluding hydrogens is 354 g/mol. The van der Waals surface area contributed by atoms with Crippen LogP contribution in [0.1, 0.15) is 39.2 Å². The van der Waals surface area contributed by atoms with Gasteiger partial charge >= 0.3 is 6.09 Å². The predicted octanol–water partition coefficient (Wildman–Crippen LogP) is 3.73. The molecule has 28 heavy (non-hydrogen) atoms. The van der Waals surface area contributed by atoms with Crippen LogP contribution in [-0.2, 0) is 17.7 Å². The molecule has 0 bridgehead atoms. The molecule has 1 fully saturated rings. The van der Waals surface area contributed by atoms with Crippen LogP contribution in [0.4, 0.5) is 4.79 Å². The van der Waals surface area contributed by atoms with Gasteiger partial charge in [-0.3, -0.25) is 4.68 Å². The number of aromatic nitrogens is 2. The molecule has 1 aliphatic rings. The maximum absolute atomic E-state index is 12.3. The highest BCUT2D eigenvalue weighted by molar-refractivity contribution is 5.68. The van der Waals surface area contributed by atoms with Gasteiger partial charge in [-0.1, -0.05) is 24.3 Å². The van der Waals surface area contributed by atoms with Crippen molar-refractivity contribution in [1.82, 2.24) is 14.7 Å². The zero-order chi connectivity index (χ0) is 20.1. The Hall–Kier alpha value is -2.34. The van der Waals surface area contributed by atoms with Crippen molar-refractivity contribution in [3.05, 3.63) is 42.2 Å². The molecule has 1 saturated heterocycles. The second kappa shape index (κ2) is 8.78. The van der Waals surface area contributed by atoms with Gasteiger partial charge in [-0.05, 0) is 57.1 Å². The Morgan fingerprint density at radius 3 is 2.68 bits per heavy atom. The summed E-state index contributed by atoms with van der Waals surface area (Å²) in [6.07, 6.45) is 6.48. The number of ether oxygens (including phenoxy) is 1. The van der Waals surface area contributed by atoms with Gasteiger partial charge in [0.05, 0.1) is 6.20 Å². The number of hydrogen-bond acceptors (Lipinski definition) is 4. The number of hydrogen-bond donors (Lipinski definition) is 1. The molecule has 6 heteroatoms. The van der Waals surface area contributed by atoms with Crippen molar-refractivity contribution in [2.75, 3.05) is 19.7 Å². The number of aliphatic hydroxyl groups excluding tert-OH is 1. The average molecular weight is 386 g/mol. The maximum atomic E-state index is 12.3. The molecule has 152 valence electrons. The van der Waals surface area contributed by atoms with E-state index in [1.54, 1.807) is 0 Å². The van der Waals surface area contributed by atoms with Gasteiger partial charge in [-0.15, -0.1) is 0 Å². The van der Waals surface area contributed by atoms with Crippen molar-refractivity contribution in [1.29, 1.82) is 0 Å². The number of carbonyl (C=O) groups excluding carboxylic acids is 1. The van der Waals surface area contributed by atoms with Crippen LogP contribution >= 0.6 is 0 Å². The summed E-state index contributed by atoms with van der Waals surface area (Å²) in [5, 5.41) is 13.5. The van der Waals surface area contributed by atoms with E-state index in [2.05, 4.69) is 23.4 Å². The first-order valence-electron chi connectivity index (χ1n) is 10.0. The fourth-order valence-electron chi connectivity index (χ4n) is 3.58. The van der Waals surface area contributed by atoms with Crippen LogP contribution in [0.3, 0.4) is 0 Å². The second-order valence-electron chi connectivity index (χ2n) is 8.56. The van der Waals surface area contributed by atoms with E-state index in [0.717, 1.165) is 42.6 Å². The Balaban J connectivity index is 1.59. The van der Waals surface area contributed by atoms with Gasteiger partial charge in [-0.25, -0.2) is 4.79 Å². The lowest BCUT2D eigenvalue weighted by atomic mass is 9.98. The molecule has 1 amide bonds. The Morgan fingerprint density at radius 1 is 1.25 bits per heavy atom. The van der Waals surface area contributed by atoms with Crippen LogP contribution in [0.2, 0.25) is 0 Å². The molecule has 0 radical (unpaired) electrons. The molecule has 0 aliphatic carbocycles. The zero-order valence-corrected chi connectivity index (χ0v) is 17.1. The Labute approximate surface area is 167 Å². The number of rotatable bonds is 5. The molecule has 1 N–H and O–H groups in total. The number of carbonyl (C=O) groups is 1. The fraction of sp³-hybridized carbons (Fsp3) is 0.545. The van der Waals surface area contributed by atoms with Crippen LogP contribution in [0.15, 0.2) is 36.7 Å². The van der Waals surface area contributed by atoms with Gasteiger partial charge < -0.3 is 14.7 Å². The van der Waals surface area contributed by atoms with Gasteiger partial charge in [0, 0.05) is 38.0 Å². The van der Waals surface area contributed by atoms with Crippen LogP contribution in [-0.4, -0.2) is 51.2 Å². The number of nitrogens with zero attached hydrogens (tertiary/aromatic N) is 3. The van der Waals surface area contributed by atoms with Crippen LogP contribution in [0.5, 0.6) is 0 Å². The lowest BCUT2D eigenvalue weighted by molar-refractivity contribution is 0.0155. The summed E-state index contributed by atoms with van der Waals surface area (Å²) in [5.74, 6) is 0.376. The number of piperidine rings is 1. The maximum Gasteiger partial charge on any atom is 0.410 e. The van der Waals surface area contributed by atoms with Crippen molar-refractivity contribution >= 4 is 6.09 Å². The third kappa shape index (κ3) is 5.58. The third-order valence-electron chi connectivity index (χ3n) is 4.94. The van der Waals surface area contributed by atoms with Gasteiger partial charge in [0.2, 0.25) is 0 Å². The van der Waals surface area contributed by atoms with Crippen LogP contribution < -0.4 is 0 Å². The molecule has 1 aliphatic heterocycles. The predicted molar refractivity (Wildman–Crippen MR) is 109 cm³/mol. The number of amides is 1. The van der Waals surface area contributed by atoms with E-state index in [4.69, 9.17) is 9.84 Å². The van der Waals surface area contributed by atoms with E-state index in [1.807, 2.05) is 48.7 Å². The summed E-state index contributed by atoms with van der Waals surface area (Å²) < 4.78 is 7.49. The van der Waals surface area contributed by atoms with E-state index < -0.39 is 5.60 Å². The minimum absolute atomic E-state index is 0.166. The molecule has 3 rings (SSSR count). The Morgan fingerprint density at radius 2 is 2.00 bits per heavy atom. The quantitative estimate of drug-likeness (QED) is 0.851. The molecule has 1 aromatic carbocycles. The largest absolute Gasteiger partial charge is 0.444 e. The van der Waals surface area contributed by atoms with E-state index in [9.17, 15) is 4.79 Å². The summed E-state index contributed by atoms with van der Waals surface area (Å²) in [4.78, 5) is 14.2. The first-order chi connectivity index (χ1) is 13.3. The van der Waals surface area contributed by atoms with Gasteiger partial charge in [0.25, 0.3) is 0 Å². The van der Waals surface area contributed by atoms with E-state index in [-0.39, 0.29) is 12.7 Å². The third-order valence-corrected chi connectivity index (χ3v) is 4.94. The standard InChI is InChI=1S/C22H31N3O3/c1-22(2,3)28-21(27)24-11-4-5-18(14-24)15-25-16-20(13-23-25)19-8-6-17(7-9-19)10-12-26/h6-9,13,16,18,26H,4-5,10-12,14-15H2,1-3H3. The number of aliphatic hydroxyl groups is 1. The van der Waals surface area contributed by atoms with Crippen LogP contribution in [0, 0.1) is 5.92 Å². The summed E-state index contributed by atoms with van der Waals surface area (Å²) in [6.45, 7) is 8.12. The Kier molecular flexibility index (Phi) is 6.39. The zero-order valence-electron chi connectivity index (χ0n) is 17.1. The lowest BCUT2D eigenvalue weighted by Gasteiger charge is -2.34. The smallest absolute Gasteiger partial charge is 0.410 e. The molecular formula is C22H31N3O3. The van der Waals surface area contributed by atoms with Crippen molar-refractivity contribution in [2.24, 2.45) is 5.92 Å². The molecule has 1 aromatic heterocycles. The molecule has 1 unspecified atom stereocenters. The van der Waals surface area contributed by atoms with Gasteiger partial charge in [-0.2, -0.15) is 5.10 Å². The van der Waals surface area contributed by atoms with Crippen molar-refractivity contribution < 1.29 is 14.6 Å². The first-order valence-corrected chi connectivity index (χ1v) is 10.0. The monoisotopic (exact) mass is 385 g/mol. The van der Waals surface area contributed by atoms with E-state index >= 15 is 0 Å². The van der Waals surface area contributed by atoms with E-state index in [1.165, 1.54) is 0 Å². The van der Waals surface area contributed by atoms with Crippen molar-refractivity contribution in [2.45, 2.75) is 52.2 Å². The Bertz CT molecular complexity index is 777. The SMILES string of the molecule is CC(C)(C)OC(=O)N1CCCC(Cn2cc(-c3ccc(CCO)cc3)cn2)C1. The van der Waals surface area contributed by atoms with Gasteiger partial charge in [0.15, 0.2) is 0 Å². The summed E-state index contributed by atoms with van der Waals surface area (Å²) in [5.41, 5.74) is 2.86. The fourth-order valence-corrected chi connectivity index (χ4v) is 3.58. The van der Waals surface area contributed by atoms with Crippen LogP contribution in [0.25, 0.3) is 11.1 Å². The molecule has 2 heterocycles. The number of benzene rings is 1. The second-order valence-corrected chi connectivity index (χ2v) is 8.56. The summed E-state index contributed by atoms with van der Waals surface area (Å²) >= 11 is 0. The molecule has 0 saturated carbocycles. The minimum Gasteiger partial charge on any atom is -0.444 e. The topological polar surface area (TPSA) is 67.6 Å². The van der Waals surface area contributed by atoms with Crippen molar-refractivity contribution in [3.63, 3.8) is 0 Å². The highest BCUT2D eigenvalue weighted by Gasteiger charge is 2.27. The highest BCUT2D eigenvalue weighted by Crippen LogP contribution is 2.23. The molecule has 1 atom stereocenters. The van der Waals surface area contributed by atoms with E-state index in [0.29, 0.717) is 18.9 Å². The summed E-state index contributed by atoms with van der Waals surface area (Å²) in [7, 11) is 0. The lowest BCUT2D eigenvalue weighted by Crippen LogP contribution is -2.43. The average Bonchev–Trinajstić information content (AvgIpc) is 3.10. The molecule has 6 nitrogen and oxygen atoms in total. The normalized spacial score (nSPS) is 17.6. The molecule has 0 spiro atoms. The van der Waals surface area contributed by atoms with Crippen molar-refractivity contribution in [3.8, 4) is 11.1 Å². The summed E-state index contributed by atoms with van der Waals surface area (Å²) in [6, 6.07) is 8.22.